The van der Waals surface area contributed by atoms with Gasteiger partial charge in [-0.1, -0.05) is 23.8 Å². The number of imide groups is 1. The molecule has 30 heavy (non-hydrogen) atoms. The Hall–Kier alpha value is -3.25. The van der Waals surface area contributed by atoms with Crippen LogP contribution in [-0.4, -0.2) is 30.2 Å². The minimum absolute atomic E-state index is 0.210. The van der Waals surface area contributed by atoms with E-state index in [0.717, 1.165) is 0 Å². The Bertz CT molecular complexity index is 1020. The van der Waals surface area contributed by atoms with Gasteiger partial charge in [0.2, 0.25) is 11.8 Å². The Morgan fingerprint density at radius 2 is 1.40 bits per heavy atom. The molecule has 2 aromatic rings. The highest BCUT2D eigenvalue weighted by molar-refractivity contribution is 6.30. The molecule has 1 aliphatic heterocycles. The quantitative estimate of drug-likeness (QED) is 0.316. The predicted octanol–water partition coefficient (Wildman–Crippen LogP) is 3.84. The van der Waals surface area contributed by atoms with Gasteiger partial charge in [0.15, 0.2) is 12.4 Å². The molecule has 152 valence electrons. The zero-order valence-electron chi connectivity index (χ0n) is 15.9. The molecular formula is C23H18ClNO5. The van der Waals surface area contributed by atoms with Crippen molar-refractivity contribution in [2.75, 3.05) is 11.5 Å². The van der Waals surface area contributed by atoms with Crippen LogP contribution in [0, 0.1) is 11.8 Å². The number of nitrogens with zero attached hydrogens (tertiary/aromatic N) is 1. The molecule has 6 nitrogen and oxygen atoms in total. The Balaban J connectivity index is 1.40. The summed E-state index contributed by atoms with van der Waals surface area (Å²) in [7, 11) is 0. The first-order valence-electron chi connectivity index (χ1n) is 9.54. The zero-order valence-corrected chi connectivity index (χ0v) is 16.7. The molecule has 0 N–H and O–H groups in total. The lowest BCUT2D eigenvalue weighted by atomic mass is 9.85. The maximum Gasteiger partial charge on any atom is 0.338 e. The number of fused-ring (bicyclic) bond motifs is 1. The number of hydrogen-bond acceptors (Lipinski definition) is 5. The van der Waals surface area contributed by atoms with Crippen molar-refractivity contribution in [3.8, 4) is 0 Å². The van der Waals surface area contributed by atoms with E-state index < -0.39 is 12.6 Å². The van der Waals surface area contributed by atoms with E-state index in [1.807, 2.05) is 12.2 Å². The van der Waals surface area contributed by atoms with Crippen molar-refractivity contribution < 1.29 is 23.9 Å². The summed E-state index contributed by atoms with van der Waals surface area (Å²) in [4.78, 5) is 50.8. The molecule has 0 aromatic heterocycles. The lowest BCUT2D eigenvalue weighted by Gasteiger charge is -2.15. The molecule has 1 heterocycles. The van der Waals surface area contributed by atoms with Crippen LogP contribution in [0.15, 0.2) is 60.7 Å². The van der Waals surface area contributed by atoms with Crippen molar-refractivity contribution in [1.29, 1.82) is 0 Å². The first-order valence-corrected chi connectivity index (χ1v) is 9.92. The average Bonchev–Trinajstić information content (AvgIpc) is 3.03. The summed E-state index contributed by atoms with van der Waals surface area (Å²) in [5.74, 6) is -2.06. The number of anilines is 1. The first kappa shape index (κ1) is 20.0. The fraction of sp³-hybridized carbons (Fsp3) is 0.217. The van der Waals surface area contributed by atoms with Crippen molar-refractivity contribution in [2.24, 2.45) is 11.8 Å². The van der Waals surface area contributed by atoms with E-state index in [1.165, 1.54) is 29.2 Å². The molecule has 0 unspecified atom stereocenters. The maximum atomic E-state index is 12.6. The fourth-order valence-electron chi connectivity index (χ4n) is 3.73. The van der Waals surface area contributed by atoms with Crippen LogP contribution in [0.4, 0.5) is 5.69 Å². The SMILES string of the molecule is O=C(COC(=O)c1ccc(N2C(=O)[C@@H]3CC=CC[C@H]3C2=O)cc1)c1ccc(Cl)cc1. The maximum absolute atomic E-state index is 12.6. The number of ketones is 1. The number of carbonyl (C=O) groups is 4. The van der Waals surface area contributed by atoms with Crippen LogP contribution in [-0.2, 0) is 14.3 Å². The number of Topliss-reactive ketones (excluding diaryl/α,β-unsaturated/α-hetero) is 1. The number of hydrogen-bond donors (Lipinski definition) is 0. The number of amides is 2. The average molecular weight is 424 g/mol. The van der Waals surface area contributed by atoms with Gasteiger partial charge in [-0.3, -0.25) is 19.3 Å². The molecule has 0 spiro atoms. The second-order valence-corrected chi connectivity index (χ2v) is 7.66. The Morgan fingerprint density at radius 1 is 0.867 bits per heavy atom. The molecule has 0 bridgehead atoms. The van der Waals surface area contributed by atoms with Crippen LogP contribution in [0.5, 0.6) is 0 Å². The number of allylic oxidation sites excluding steroid dienone is 2. The molecule has 0 saturated carbocycles. The van der Waals surface area contributed by atoms with Gasteiger partial charge in [0.1, 0.15) is 0 Å². The molecule has 1 saturated heterocycles. The molecule has 0 radical (unpaired) electrons. The van der Waals surface area contributed by atoms with Gasteiger partial charge < -0.3 is 4.74 Å². The fourth-order valence-corrected chi connectivity index (χ4v) is 3.86. The van der Waals surface area contributed by atoms with Crippen LogP contribution < -0.4 is 4.90 Å². The Labute approximate surface area is 178 Å². The van der Waals surface area contributed by atoms with E-state index in [-0.39, 0.29) is 35.0 Å². The molecule has 1 fully saturated rings. The van der Waals surface area contributed by atoms with Crippen LogP contribution >= 0.6 is 11.6 Å². The summed E-state index contributed by atoms with van der Waals surface area (Å²) in [5.41, 5.74) is 1.04. The van der Waals surface area contributed by atoms with E-state index in [0.29, 0.717) is 29.1 Å². The van der Waals surface area contributed by atoms with E-state index in [1.54, 1.807) is 24.3 Å². The number of halogens is 1. The minimum atomic E-state index is -0.666. The molecular weight excluding hydrogens is 406 g/mol. The van der Waals surface area contributed by atoms with Crippen LogP contribution in [0.3, 0.4) is 0 Å². The summed E-state index contributed by atoms with van der Waals surface area (Å²) in [6.07, 6.45) is 5.00. The second-order valence-electron chi connectivity index (χ2n) is 7.22. The van der Waals surface area contributed by atoms with Gasteiger partial charge in [0.25, 0.3) is 0 Å². The summed E-state index contributed by atoms with van der Waals surface area (Å²) in [5, 5.41) is 0.508. The Kier molecular flexibility index (Phi) is 5.50. The zero-order chi connectivity index (χ0) is 21.3. The number of rotatable bonds is 5. The smallest absolute Gasteiger partial charge is 0.338 e. The highest BCUT2D eigenvalue weighted by Crippen LogP contribution is 2.37. The van der Waals surface area contributed by atoms with Gasteiger partial charge in [-0.15, -0.1) is 0 Å². The van der Waals surface area contributed by atoms with Gasteiger partial charge in [-0.25, -0.2) is 4.79 Å². The van der Waals surface area contributed by atoms with Crippen LogP contribution in [0.2, 0.25) is 5.02 Å². The van der Waals surface area contributed by atoms with Gasteiger partial charge in [0.05, 0.1) is 23.1 Å². The third-order valence-corrected chi connectivity index (χ3v) is 5.62. The summed E-state index contributed by atoms with van der Waals surface area (Å²) in [6, 6.07) is 12.3. The molecule has 2 atom stereocenters. The lowest BCUT2D eigenvalue weighted by molar-refractivity contribution is -0.122. The van der Waals surface area contributed by atoms with Gasteiger partial charge in [-0.05, 0) is 61.4 Å². The van der Waals surface area contributed by atoms with Crippen LogP contribution in [0.25, 0.3) is 0 Å². The van der Waals surface area contributed by atoms with Gasteiger partial charge in [0, 0.05) is 10.6 Å². The van der Waals surface area contributed by atoms with E-state index in [9.17, 15) is 19.2 Å². The number of carbonyl (C=O) groups excluding carboxylic acids is 4. The third kappa shape index (κ3) is 3.78. The third-order valence-electron chi connectivity index (χ3n) is 5.37. The molecule has 7 heteroatoms. The normalized spacial score (nSPS) is 20.2. The number of ether oxygens (including phenoxy) is 1. The van der Waals surface area contributed by atoms with E-state index in [2.05, 4.69) is 0 Å². The number of benzene rings is 2. The molecule has 2 aromatic carbocycles. The van der Waals surface area contributed by atoms with Gasteiger partial charge >= 0.3 is 5.97 Å². The molecule has 2 aliphatic rings. The lowest BCUT2D eigenvalue weighted by Crippen LogP contribution is -2.30. The minimum Gasteiger partial charge on any atom is -0.454 e. The first-order chi connectivity index (χ1) is 14.5. The van der Waals surface area contributed by atoms with Crippen LogP contribution in [0.1, 0.15) is 33.6 Å². The predicted molar refractivity (Wildman–Crippen MR) is 110 cm³/mol. The van der Waals surface area contributed by atoms with Gasteiger partial charge in [-0.2, -0.15) is 0 Å². The summed E-state index contributed by atoms with van der Waals surface area (Å²) < 4.78 is 5.08. The second kappa shape index (κ2) is 8.24. The van der Waals surface area contributed by atoms with E-state index >= 15 is 0 Å². The monoisotopic (exact) mass is 423 g/mol. The Morgan fingerprint density at radius 3 is 1.97 bits per heavy atom. The highest BCUT2D eigenvalue weighted by Gasteiger charge is 2.47. The van der Waals surface area contributed by atoms with Crippen molar-refractivity contribution in [1.82, 2.24) is 0 Å². The van der Waals surface area contributed by atoms with Crippen molar-refractivity contribution >= 4 is 40.9 Å². The van der Waals surface area contributed by atoms with Crippen molar-refractivity contribution in [2.45, 2.75) is 12.8 Å². The summed E-state index contributed by atoms with van der Waals surface area (Å²) >= 11 is 5.79. The highest BCUT2D eigenvalue weighted by atomic mass is 35.5. The largest absolute Gasteiger partial charge is 0.454 e. The topological polar surface area (TPSA) is 80.8 Å². The molecule has 1 aliphatic carbocycles. The van der Waals surface area contributed by atoms with Crippen molar-refractivity contribution in [3.05, 3.63) is 76.8 Å². The molecule has 2 amide bonds. The molecule has 4 rings (SSSR count). The van der Waals surface area contributed by atoms with E-state index in [4.69, 9.17) is 16.3 Å². The van der Waals surface area contributed by atoms with Crippen molar-refractivity contribution in [3.63, 3.8) is 0 Å². The summed E-state index contributed by atoms with van der Waals surface area (Å²) in [6.45, 7) is -0.401. The number of esters is 1. The standard InChI is InChI=1S/C23H18ClNO5/c24-16-9-5-14(6-10-16)20(26)13-30-23(29)15-7-11-17(12-8-15)25-21(27)18-3-1-2-4-19(18)22(25)28/h1-2,5-12,18-19H,3-4,13H2/t18-,19-/m1/s1.